The minimum Gasteiger partial charge on any atom is -0.460 e. The molecule has 0 radical (unpaired) electrons. The fourth-order valence-electron chi connectivity index (χ4n) is 10.2. The summed E-state index contributed by atoms with van der Waals surface area (Å²) in [7, 11) is -3.34. The SMILES string of the molecule is CC1(N)CCC(CC(=O)OC(C)(C)C)CC1.CC1(NC(=O)OC(C)(C)C)CCC(=CC(=O)OC(C)(C)C)CC1.CC1(NC(=O)OC(C)(C)C)CCC(=O)CC1.CC1(NC(=O)OC(C)(C)C)CCC(CC(=O)OC(C)(C)C)CC1.CCOP(=O)(CC(=O)OC(C)(C)C)OCC. The van der Waals surface area contributed by atoms with E-state index in [-0.39, 0.29) is 83.0 Å². The Kier molecular flexibility index (Phi) is 35.3. The number of esters is 4. The molecule has 4 aliphatic carbocycles. The lowest BCUT2D eigenvalue weighted by molar-refractivity contribution is -0.157. The van der Waals surface area contributed by atoms with Crippen molar-refractivity contribution in [2.75, 3.05) is 19.4 Å². The van der Waals surface area contributed by atoms with Crippen LogP contribution in [-0.4, -0.2) is 129 Å². The number of nitrogens with two attached hydrogens (primary N) is 1. The molecule has 4 fully saturated rings. The van der Waals surface area contributed by atoms with Crippen molar-refractivity contribution in [2.45, 2.75) is 364 Å². The molecule has 0 atom stereocenters. The van der Waals surface area contributed by atoms with Gasteiger partial charge in [-0.05, 0) is 289 Å². The van der Waals surface area contributed by atoms with Crippen LogP contribution in [0.25, 0.3) is 0 Å². The second kappa shape index (κ2) is 37.2. The molecule has 5 N–H and O–H groups in total. The second-order valence-electron chi connectivity index (χ2n) is 33.8. The second-order valence-corrected chi connectivity index (χ2v) is 35.8. The monoisotopic (exact) mass is 1360 g/mol. The summed E-state index contributed by atoms with van der Waals surface area (Å²) in [5, 5.41) is 8.80. The van der Waals surface area contributed by atoms with Gasteiger partial charge in [0, 0.05) is 53.9 Å². The number of ketones is 1. The minimum absolute atomic E-state index is 0.0234. The zero-order valence-corrected chi connectivity index (χ0v) is 64.3. The van der Waals surface area contributed by atoms with Crippen molar-refractivity contribution in [1.82, 2.24) is 16.0 Å². The van der Waals surface area contributed by atoms with E-state index < -0.39 is 53.3 Å². The Bertz CT molecular complexity index is 2460. The lowest BCUT2D eigenvalue weighted by Gasteiger charge is -2.38. The zero-order valence-electron chi connectivity index (χ0n) is 63.5. The summed E-state index contributed by atoms with van der Waals surface area (Å²) in [6, 6.07) is 0. The first-order valence-corrected chi connectivity index (χ1v) is 35.7. The number of allylic oxidation sites excluding steroid dienone is 1. The van der Waals surface area contributed by atoms with E-state index >= 15 is 0 Å². The first-order valence-electron chi connectivity index (χ1n) is 34.0. The van der Waals surface area contributed by atoms with Crippen molar-refractivity contribution in [2.24, 2.45) is 17.6 Å². The van der Waals surface area contributed by atoms with E-state index in [1.807, 2.05) is 145 Å². The number of Topliss-reactive ketones (excluding diaryl/α,β-unsaturated/α-hetero) is 1. The van der Waals surface area contributed by atoms with E-state index in [1.54, 1.807) is 40.7 Å². The Morgan fingerprint density at radius 1 is 0.436 bits per heavy atom. The standard InChI is InChI=1S/C18H33NO4.C18H31NO4.C13H25NO2.C12H21NO3.C10H21O5P/c2*1-16(2,3)22-14(20)12-13-8-10-18(7,11-9-13)19-15(21)23-17(4,5)6;1-12(2,3)16-11(15)9-10-5-7-13(4,14)8-6-10;1-11(2,3)16-10(15)13-12(4)7-5-9(14)6-8-12;1-6-13-16(12,14-7-2)8-9(11)15-10(3,4)5/h13H,8-12H2,1-7H3,(H,19,21);12H,8-11H2,1-7H3,(H,19,21);10H,5-9,14H2,1-4H3;5-8H2,1-4H3,(H,13,15);6-8H2,1-5H3. The highest BCUT2D eigenvalue weighted by atomic mass is 31.2. The molecule has 0 aromatic heterocycles. The molecule has 0 unspecified atom stereocenters. The number of alkyl carbamates (subject to hydrolysis) is 3. The van der Waals surface area contributed by atoms with Gasteiger partial charge in [-0.1, -0.05) is 5.57 Å². The third kappa shape index (κ3) is 46.4. The van der Waals surface area contributed by atoms with Crippen LogP contribution < -0.4 is 21.7 Å². The number of hydrogen-bond acceptors (Lipinski definition) is 19. The summed E-state index contributed by atoms with van der Waals surface area (Å²) in [5.74, 6) is 0.00608. The molecule has 0 saturated heterocycles. The van der Waals surface area contributed by atoms with E-state index in [1.165, 1.54) is 0 Å². The number of rotatable bonds is 14. The largest absolute Gasteiger partial charge is 0.460 e. The predicted octanol–water partition coefficient (Wildman–Crippen LogP) is 15.9. The number of nitrogens with one attached hydrogen (secondary N) is 3. The van der Waals surface area contributed by atoms with Crippen molar-refractivity contribution in [3.05, 3.63) is 11.6 Å². The molecule has 23 heteroatoms. The van der Waals surface area contributed by atoms with Gasteiger partial charge in [0.05, 0.1) is 13.2 Å². The Morgan fingerprint density at radius 2 is 0.713 bits per heavy atom. The van der Waals surface area contributed by atoms with Gasteiger partial charge in [-0.25, -0.2) is 19.2 Å². The smallest absolute Gasteiger partial charge is 0.408 e. The molecule has 0 spiro atoms. The average Bonchev–Trinajstić information content (AvgIpc) is 0.866. The normalized spacial score (nSPS) is 22.6. The van der Waals surface area contributed by atoms with Gasteiger partial charge < -0.3 is 63.9 Å². The highest BCUT2D eigenvalue weighted by molar-refractivity contribution is 7.54. The summed E-state index contributed by atoms with van der Waals surface area (Å²) < 4.78 is 58.8. The topological polar surface area (TPSA) is 299 Å². The van der Waals surface area contributed by atoms with E-state index in [2.05, 4.69) is 22.9 Å². The van der Waals surface area contributed by atoms with E-state index in [0.717, 1.165) is 82.6 Å². The van der Waals surface area contributed by atoms with Gasteiger partial charge in [-0.3, -0.25) is 23.7 Å². The fraction of sp³-hybridized carbons (Fsp3) is 0.859. The van der Waals surface area contributed by atoms with Gasteiger partial charge in [-0.2, -0.15) is 0 Å². The van der Waals surface area contributed by atoms with Crippen LogP contribution in [0.2, 0.25) is 0 Å². The molecule has 4 saturated carbocycles. The summed E-state index contributed by atoms with van der Waals surface area (Å²) in [6.07, 6.45) is 14.3. The van der Waals surface area contributed by atoms with Crippen LogP contribution in [0.4, 0.5) is 14.4 Å². The lowest BCUT2D eigenvalue weighted by atomic mass is 9.76. The van der Waals surface area contributed by atoms with Crippen molar-refractivity contribution in [3.8, 4) is 0 Å². The van der Waals surface area contributed by atoms with Gasteiger partial charge in [0.25, 0.3) is 0 Å². The van der Waals surface area contributed by atoms with E-state index in [0.29, 0.717) is 50.4 Å². The van der Waals surface area contributed by atoms with E-state index in [9.17, 15) is 42.9 Å². The molecule has 0 aromatic rings. The maximum absolute atomic E-state index is 12.0. The zero-order chi connectivity index (χ0) is 73.4. The third-order valence-corrected chi connectivity index (χ3v) is 16.6. The van der Waals surface area contributed by atoms with Gasteiger partial charge in [0.1, 0.15) is 51.2 Å². The highest BCUT2D eigenvalue weighted by Crippen LogP contribution is 2.48. The van der Waals surface area contributed by atoms with Gasteiger partial charge in [0.2, 0.25) is 0 Å². The summed E-state index contributed by atoms with van der Waals surface area (Å²) in [5.41, 5.74) is 2.91. The van der Waals surface area contributed by atoms with Gasteiger partial charge in [0.15, 0.2) is 0 Å². The van der Waals surface area contributed by atoms with Crippen LogP contribution in [0.3, 0.4) is 0 Å². The summed E-state index contributed by atoms with van der Waals surface area (Å²) in [4.78, 5) is 93.4. The molecule has 0 aromatic carbocycles. The molecule has 22 nitrogen and oxygen atoms in total. The maximum atomic E-state index is 12.0. The van der Waals surface area contributed by atoms with Crippen LogP contribution >= 0.6 is 7.60 Å². The van der Waals surface area contributed by atoms with Crippen LogP contribution in [0.15, 0.2) is 11.6 Å². The molecule has 0 heterocycles. The van der Waals surface area contributed by atoms with Crippen molar-refractivity contribution >= 4 is 55.5 Å². The number of hydrogen-bond donors (Lipinski definition) is 4. The van der Waals surface area contributed by atoms with Crippen molar-refractivity contribution in [3.63, 3.8) is 0 Å². The van der Waals surface area contributed by atoms with Crippen LogP contribution in [-0.2, 0) is 70.7 Å². The Morgan fingerprint density at radius 3 is 1.01 bits per heavy atom. The van der Waals surface area contributed by atoms with Crippen LogP contribution in [0.1, 0.15) is 303 Å². The molecule has 3 amide bonds. The van der Waals surface area contributed by atoms with Crippen LogP contribution in [0.5, 0.6) is 0 Å². The molecule has 94 heavy (non-hydrogen) atoms. The Balaban J connectivity index is 0.00000116. The van der Waals surface area contributed by atoms with Crippen molar-refractivity contribution < 1.29 is 85.1 Å². The summed E-state index contributed by atoms with van der Waals surface area (Å²) >= 11 is 0. The third-order valence-electron chi connectivity index (χ3n) is 14.6. The first kappa shape index (κ1) is 89.2. The predicted molar refractivity (Wildman–Crippen MR) is 368 cm³/mol. The summed E-state index contributed by atoms with van der Waals surface area (Å²) in [6.45, 7) is 50.7. The quantitative estimate of drug-likeness (QED) is 0.0544. The van der Waals surface area contributed by atoms with E-state index in [4.69, 9.17) is 47.9 Å². The van der Waals surface area contributed by atoms with Gasteiger partial charge in [-0.15, -0.1) is 0 Å². The molecular weight excluding hydrogens is 1230 g/mol. The van der Waals surface area contributed by atoms with Crippen LogP contribution in [0, 0.1) is 11.8 Å². The molecule has 0 bridgehead atoms. The number of amides is 3. The van der Waals surface area contributed by atoms with Gasteiger partial charge >= 0.3 is 49.8 Å². The lowest BCUT2D eigenvalue weighted by Crippen LogP contribution is -2.50. The number of carbonyl (C=O) groups is 8. The number of carbonyl (C=O) groups excluding carboxylic acids is 8. The molecule has 4 aliphatic rings. The maximum Gasteiger partial charge on any atom is 0.408 e. The average molecular weight is 1360 g/mol. The highest BCUT2D eigenvalue weighted by Gasteiger charge is 2.38. The molecular formula is C71H131N4O18P. The molecule has 548 valence electrons. The molecule has 0 aliphatic heterocycles. The number of ether oxygens (including phenoxy) is 7. The Hall–Kier alpha value is -4.79. The molecule has 4 rings (SSSR count). The first-order chi connectivity index (χ1) is 42.2. The fourth-order valence-corrected chi connectivity index (χ4v) is 11.6. The Labute approximate surface area is 566 Å². The minimum atomic E-state index is -3.34. The van der Waals surface area contributed by atoms with Crippen molar-refractivity contribution in [1.29, 1.82) is 0 Å².